The molecule has 0 spiro atoms. The molecule has 4 nitrogen and oxygen atoms in total. The number of pyridine rings is 1. The molecule has 1 unspecified atom stereocenters. The van der Waals surface area contributed by atoms with Crippen molar-refractivity contribution in [3.8, 4) is 5.88 Å². The number of rotatable bonds is 4. The van der Waals surface area contributed by atoms with Gasteiger partial charge >= 0.3 is 0 Å². The van der Waals surface area contributed by atoms with Crippen molar-refractivity contribution in [2.24, 2.45) is 0 Å². The van der Waals surface area contributed by atoms with Gasteiger partial charge in [-0.25, -0.2) is 4.98 Å². The smallest absolute Gasteiger partial charge is 0.214 e. The van der Waals surface area contributed by atoms with Gasteiger partial charge in [0.25, 0.3) is 0 Å². The zero-order valence-electron chi connectivity index (χ0n) is 9.61. The SMILES string of the molecule is COc1cc(NC(C)(C)C(C)O)ccn1. The van der Waals surface area contributed by atoms with Crippen LogP contribution in [0.1, 0.15) is 20.8 Å². The quantitative estimate of drug-likeness (QED) is 0.793. The molecule has 0 aliphatic heterocycles. The molecule has 0 bridgehead atoms. The highest BCUT2D eigenvalue weighted by molar-refractivity contribution is 5.47. The third kappa shape index (κ3) is 3.09. The van der Waals surface area contributed by atoms with Crippen molar-refractivity contribution < 1.29 is 9.84 Å². The summed E-state index contributed by atoms with van der Waals surface area (Å²) in [7, 11) is 1.58. The topological polar surface area (TPSA) is 54.4 Å². The third-order valence-electron chi connectivity index (χ3n) is 2.45. The van der Waals surface area contributed by atoms with Crippen LogP contribution < -0.4 is 10.1 Å². The van der Waals surface area contributed by atoms with E-state index in [1.165, 1.54) is 0 Å². The van der Waals surface area contributed by atoms with E-state index < -0.39 is 6.10 Å². The minimum Gasteiger partial charge on any atom is -0.481 e. The van der Waals surface area contributed by atoms with Gasteiger partial charge in [0.05, 0.1) is 18.8 Å². The van der Waals surface area contributed by atoms with E-state index in [9.17, 15) is 5.11 Å². The van der Waals surface area contributed by atoms with Gasteiger partial charge in [-0.3, -0.25) is 0 Å². The second-order valence-corrected chi connectivity index (χ2v) is 4.11. The first-order chi connectivity index (χ1) is 6.95. The normalized spacial score (nSPS) is 13.4. The second kappa shape index (κ2) is 4.49. The average Bonchev–Trinajstić information content (AvgIpc) is 2.17. The summed E-state index contributed by atoms with van der Waals surface area (Å²) < 4.78 is 5.02. The van der Waals surface area contributed by atoms with Crippen LogP contribution >= 0.6 is 0 Å². The Hall–Kier alpha value is -1.29. The van der Waals surface area contributed by atoms with E-state index >= 15 is 0 Å². The van der Waals surface area contributed by atoms with Crippen molar-refractivity contribution in [3.63, 3.8) is 0 Å². The average molecular weight is 210 g/mol. The molecule has 84 valence electrons. The molecule has 0 fully saturated rings. The fourth-order valence-electron chi connectivity index (χ4n) is 1.08. The van der Waals surface area contributed by atoms with Crippen LogP contribution in [0.25, 0.3) is 0 Å². The first kappa shape index (κ1) is 11.8. The molecular weight excluding hydrogens is 192 g/mol. The van der Waals surface area contributed by atoms with Crippen LogP contribution in [0.3, 0.4) is 0 Å². The van der Waals surface area contributed by atoms with Crippen molar-refractivity contribution in [1.82, 2.24) is 4.98 Å². The molecule has 1 heterocycles. The molecule has 0 radical (unpaired) electrons. The molecule has 15 heavy (non-hydrogen) atoms. The van der Waals surface area contributed by atoms with Gasteiger partial charge in [-0.15, -0.1) is 0 Å². The Morgan fingerprint density at radius 2 is 2.20 bits per heavy atom. The van der Waals surface area contributed by atoms with Crippen molar-refractivity contribution in [1.29, 1.82) is 0 Å². The lowest BCUT2D eigenvalue weighted by atomic mass is 9.98. The van der Waals surface area contributed by atoms with Crippen LogP contribution in [-0.2, 0) is 0 Å². The number of aliphatic hydroxyl groups is 1. The molecule has 1 aromatic heterocycles. The van der Waals surface area contributed by atoms with Gasteiger partial charge in [0.2, 0.25) is 5.88 Å². The van der Waals surface area contributed by atoms with Crippen LogP contribution in [0.2, 0.25) is 0 Å². The number of ether oxygens (including phenoxy) is 1. The molecule has 2 N–H and O–H groups in total. The molecule has 0 saturated carbocycles. The number of hydrogen-bond donors (Lipinski definition) is 2. The monoisotopic (exact) mass is 210 g/mol. The molecule has 0 aromatic carbocycles. The number of anilines is 1. The van der Waals surface area contributed by atoms with Crippen molar-refractivity contribution in [2.45, 2.75) is 32.4 Å². The predicted molar refractivity (Wildman–Crippen MR) is 60.2 cm³/mol. The lowest BCUT2D eigenvalue weighted by Crippen LogP contribution is -2.41. The molecule has 0 amide bonds. The van der Waals surface area contributed by atoms with E-state index in [2.05, 4.69) is 10.3 Å². The number of hydrogen-bond acceptors (Lipinski definition) is 4. The van der Waals surface area contributed by atoms with Gasteiger partial charge in [-0.05, 0) is 26.8 Å². The molecule has 1 aromatic rings. The van der Waals surface area contributed by atoms with E-state index in [0.717, 1.165) is 5.69 Å². The summed E-state index contributed by atoms with van der Waals surface area (Å²) in [6, 6.07) is 3.64. The van der Waals surface area contributed by atoms with E-state index in [-0.39, 0.29) is 5.54 Å². The number of aromatic nitrogens is 1. The van der Waals surface area contributed by atoms with Gasteiger partial charge < -0.3 is 15.2 Å². The summed E-state index contributed by atoms with van der Waals surface area (Å²) in [4.78, 5) is 4.01. The number of aliphatic hydroxyl groups excluding tert-OH is 1. The number of nitrogens with zero attached hydrogens (tertiary/aromatic N) is 1. The van der Waals surface area contributed by atoms with Crippen molar-refractivity contribution >= 4 is 5.69 Å². The summed E-state index contributed by atoms with van der Waals surface area (Å²) in [5.74, 6) is 0.557. The zero-order chi connectivity index (χ0) is 11.5. The summed E-state index contributed by atoms with van der Waals surface area (Å²) in [6.07, 6.45) is 1.22. The van der Waals surface area contributed by atoms with Gasteiger partial charge in [0.15, 0.2) is 0 Å². The van der Waals surface area contributed by atoms with Gasteiger partial charge in [0, 0.05) is 18.0 Å². The van der Waals surface area contributed by atoms with Crippen molar-refractivity contribution in [2.75, 3.05) is 12.4 Å². The van der Waals surface area contributed by atoms with Gasteiger partial charge in [0.1, 0.15) is 0 Å². The van der Waals surface area contributed by atoms with Crippen LogP contribution in [0.15, 0.2) is 18.3 Å². The molecule has 1 rings (SSSR count). The highest BCUT2D eigenvalue weighted by Crippen LogP contribution is 2.20. The lowest BCUT2D eigenvalue weighted by molar-refractivity contribution is 0.133. The Labute approximate surface area is 90.3 Å². The van der Waals surface area contributed by atoms with E-state index in [1.54, 1.807) is 26.3 Å². The molecule has 1 atom stereocenters. The molecule has 4 heteroatoms. The van der Waals surface area contributed by atoms with Crippen LogP contribution in [0.5, 0.6) is 5.88 Å². The Morgan fingerprint density at radius 1 is 1.53 bits per heavy atom. The Bertz CT molecular complexity index is 324. The second-order valence-electron chi connectivity index (χ2n) is 4.11. The van der Waals surface area contributed by atoms with Crippen LogP contribution in [0, 0.1) is 0 Å². The number of nitrogens with one attached hydrogen (secondary N) is 1. The highest BCUT2D eigenvalue weighted by Gasteiger charge is 2.23. The lowest BCUT2D eigenvalue weighted by Gasteiger charge is -2.30. The summed E-state index contributed by atoms with van der Waals surface area (Å²) in [5, 5.41) is 12.8. The van der Waals surface area contributed by atoms with Crippen LogP contribution in [0.4, 0.5) is 5.69 Å². The van der Waals surface area contributed by atoms with Gasteiger partial charge in [-0.2, -0.15) is 0 Å². The van der Waals surface area contributed by atoms with Crippen LogP contribution in [-0.4, -0.2) is 28.8 Å². The first-order valence-electron chi connectivity index (χ1n) is 4.92. The minimum absolute atomic E-state index is 0.383. The minimum atomic E-state index is -0.448. The fraction of sp³-hybridized carbons (Fsp3) is 0.545. The van der Waals surface area contributed by atoms with E-state index in [4.69, 9.17) is 4.74 Å². The Morgan fingerprint density at radius 3 is 2.73 bits per heavy atom. The Balaban J connectivity index is 2.80. The maximum atomic E-state index is 9.56. The summed E-state index contributed by atoms with van der Waals surface area (Å²) >= 11 is 0. The molecule has 0 aliphatic carbocycles. The van der Waals surface area contributed by atoms with E-state index in [1.807, 2.05) is 19.9 Å². The standard InChI is InChI=1S/C11H18N2O2/c1-8(14)11(2,3)13-9-5-6-12-10(7-9)15-4/h5-8,14H,1-4H3,(H,12,13). The molecular formula is C11H18N2O2. The maximum Gasteiger partial charge on any atom is 0.214 e. The molecule has 0 saturated heterocycles. The maximum absolute atomic E-state index is 9.56. The van der Waals surface area contributed by atoms with E-state index in [0.29, 0.717) is 5.88 Å². The fourth-order valence-corrected chi connectivity index (χ4v) is 1.08. The van der Waals surface area contributed by atoms with Crippen molar-refractivity contribution in [3.05, 3.63) is 18.3 Å². The first-order valence-corrected chi connectivity index (χ1v) is 4.92. The zero-order valence-corrected chi connectivity index (χ0v) is 9.61. The summed E-state index contributed by atoms with van der Waals surface area (Å²) in [6.45, 7) is 5.63. The molecule has 0 aliphatic rings. The van der Waals surface area contributed by atoms with Gasteiger partial charge in [-0.1, -0.05) is 0 Å². The summed E-state index contributed by atoms with van der Waals surface area (Å²) in [5.41, 5.74) is 0.500. The number of methoxy groups -OCH3 is 1. The third-order valence-corrected chi connectivity index (χ3v) is 2.45. The predicted octanol–water partition coefficient (Wildman–Crippen LogP) is 1.66. The largest absolute Gasteiger partial charge is 0.481 e. The highest BCUT2D eigenvalue weighted by atomic mass is 16.5. The Kier molecular flexibility index (Phi) is 3.52.